The van der Waals surface area contributed by atoms with Crippen LogP contribution in [0.1, 0.15) is 30.5 Å². The molecule has 20 heavy (non-hydrogen) atoms. The molecule has 0 aliphatic heterocycles. The molecule has 0 aromatic heterocycles. The Kier molecular flexibility index (Phi) is 7.47. The quantitative estimate of drug-likeness (QED) is 0.707. The Morgan fingerprint density at radius 2 is 2.05 bits per heavy atom. The van der Waals surface area contributed by atoms with Gasteiger partial charge >= 0.3 is 0 Å². The second-order valence-corrected chi connectivity index (χ2v) is 4.59. The largest absolute Gasteiger partial charge is 0.496 e. The minimum absolute atomic E-state index is 0.0993. The van der Waals surface area contributed by atoms with E-state index in [9.17, 15) is 8.78 Å². The van der Waals surface area contributed by atoms with Crippen LogP contribution >= 0.6 is 0 Å². The molecule has 0 fully saturated rings. The summed E-state index contributed by atoms with van der Waals surface area (Å²) >= 11 is 0. The normalized spacial score (nSPS) is 12.7. The first-order valence-electron chi connectivity index (χ1n) is 6.82. The Labute approximate surface area is 119 Å². The van der Waals surface area contributed by atoms with Crippen molar-refractivity contribution < 1.29 is 18.3 Å². The van der Waals surface area contributed by atoms with Gasteiger partial charge in [-0.3, -0.25) is 0 Å². The maximum absolute atomic E-state index is 12.0. The van der Waals surface area contributed by atoms with Gasteiger partial charge in [0, 0.05) is 12.6 Å². The standard InChI is InChI=1S/C15H23F2NO2/c1-4-18-13(7-8-20-10-15(16)17)12-5-6-14(19-3)11(2)9-12/h5-6,9,13,15,18H,4,7-8,10H2,1-3H3. The molecular formula is C15H23F2NO2. The summed E-state index contributed by atoms with van der Waals surface area (Å²) in [5, 5.41) is 3.34. The van der Waals surface area contributed by atoms with Crippen molar-refractivity contribution in [1.82, 2.24) is 5.32 Å². The zero-order valence-corrected chi connectivity index (χ0v) is 12.3. The topological polar surface area (TPSA) is 30.5 Å². The van der Waals surface area contributed by atoms with Gasteiger partial charge in [-0.1, -0.05) is 19.1 Å². The third kappa shape index (κ3) is 5.43. The van der Waals surface area contributed by atoms with E-state index in [4.69, 9.17) is 9.47 Å². The van der Waals surface area contributed by atoms with E-state index in [2.05, 4.69) is 11.4 Å². The van der Waals surface area contributed by atoms with E-state index >= 15 is 0 Å². The average Bonchev–Trinajstić information content (AvgIpc) is 2.42. The third-order valence-electron chi connectivity index (χ3n) is 3.07. The fourth-order valence-electron chi connectivity index (χ4n) is 2.12. The van der Waals surface area contributed by atoms with Gasteiger partial charge in [-0.15, -0.1) is 0 Å². The van der Waals surface area contributed by atoms with Crippen molar-refractivity contribution >= 4 is 0 Å². The van der Waals surface area contributed by atoms with Crippen LogP contribution in [0.5, 0.6) is 5.75 Å². The predicted octanol–water partition coefficient (Wildman–Crippen LogP) is 3.33. The third-order valence-corrected chi connectivity index (χ3v) is 3.07. The molecule has 1 aromatic rings. The van der Waals surface area contributed by atoms with Crippen molar-refractivity contribution in [3.63, 3.8) is 0 Å². The first-order chi connectivity index (χ1) is 9.58. The fourth-order valence-corrected chi connectivity index (χ4v) is 2.12. The van der Waals surface area contributed by atoms with Crippen molar-refractivity contribution in [3.8, 4) is 5.75 Å². The molecule has 1 rings (SSSR count). The summed E-state index contributed by atoms with van der Waals surface area (Å²) in [5.41, 5.74) is 2.17. The lowest BCUT2D eigenvalue weighted by Gasteiger charge is -2.19. The Morgan fingerprint density at radius 1 is 1.30 bits per heavy atom. The van der Waals surface area contributed by atoms with E-state index in [1.165, 1.54) is 0 Å². The second-order valence-electron chi connectivity index (χ2n) is 4.59. The van der Waals surface area contributed by atoms with Gasteiger partial charge in [0.1, 0.15) is 12.4 Å². The molecule has 0 radical (unpaired) electrons. The van der Waals surface area contributed by atoms with Crippen molar-refractivity contribution in [2.75, 3.05) is 26.9 Å². The molecule has 0 amide bonds. The number of halogens is 2. The predicted molar refractivity (Wildman–Crippen MR) is 75.6 cm³/mol. The van der Waals surface area contributed by atoms with Crippen LogP contribution in [0.3, 0.4) is 0 Å². The second kappa shape index (κ2) is 8.87. The van der Waals surface area contributed by atoms with E-state index in [0.29, 0.717) is 13.0 Å². The van der Waals surface area contributed by atoms with Gasteiger partial charge < -0.3 is 14.8 Å². The molecule has 0 bridgehead atoms. The summed E-state index contributed by atoms with van der Waals surface area (Å²) in [6.07, 6.45) is -1.75. The summed E-state index contributed by atoms with van der Waals surface area (Å²) in [7, 11) is 1.64. The highest BCUT2D eigenvalue weighted by Gasteiger charge is 2.12. The highest BCUT2D eigenvalue weighted by molar-refractivity contribution is 5.37. The molecule has 5 heteroatoms. The number of aryl methyl sites for hydroxylation is 1. The zero-order valence-electron chi connectivity index (χ0n) is 12.3. The molecule has 0 aliphatic carbocycles. The number of ether oxygens (including phenoxy) is 2. The first-order valence-corrected chi connectivity index (χ1v) is 6.82. The number of alkyl halides is 2. The summed E-state index contributed by atoms with van der Waals surface area (Å²) in [6, 6.07) is 6.07. The summed E-state index contributed by atoms with van der Waals surface area (Å²) in [6.45, 7) is 4.63. The molecule has 1 N–H and O–H groups in total. The van der Waals surface area contributed by atoms with Gasteiger partial charge in [0.05, 0.1) is 7.11 Å². The number of rotatable bonds is 9. The molecule has 0 saturated carbocycles. The lowest BCUT2D eigenvalue weighted by atomic mass is 10.0. The lowest BCUT2D eigenvalue weighted by molar-refractivity contribution is 0.0144. The number of hydrogen-bond donors (Lipinski definition) is 1. The molecule has 0 heterocycles. The van der Waals surface area contributed by atoms with Crippen LogP contribution in [0.2, 0.25) is 0 Å². The summed E-state index contributed by atoms with van der Waals surface area (Å²) in [4.78, 5) is 0. The van der Waals surface area contributed by atoms with Crippen LogP contribution < -0.4 is 10.1 Å². The molecule has 0 spiro atoms. The molecule has 0 aliphatic rings. The van der Waals surface area contributed by atoms with E-state index in [-0.39, 0.29) is 6.04 Å². The minimum atomic E-state index is -2.41. The number of methoxy groups -OCH3 is 1. The molecule has 1 unspecified atom stereocenters. The zero-order chi connectivity index (χ0) is 15.0. The molecule has 1 aromatic carbocycles. The van der Waals surface area contributed by atoms with Crippen LogP contribution in [-0.2, 0) is 4.74 Å². The fraction of sp³-hybridized carbons (Fsp3) is 0.600. The Bertz CT molecular complexity index is 399. The molecular weight excluding hydrogens is 264 g/mol. The van der Waals surface area contributed by atoms with Crippen molar-refractivity contribution in [3.05, 3.63) is 29.3 Å². The van der Waals surface area contributed by atoms with Gasteiger partial charge in [-0.2, -0.15) is 0 Å². The Balaban J connectivity index is 2.62. The van der Waals surface area contributed by atoms with E-state index in [1.807, 2.05) is 26.0 Å². The van der Waals surface area contributed by atoms with Gasteiger partial charge in [0.2, 0.25) is 0 Å². The molecule has 0 saturated heterocycles. The number of benzene rings is 1. The number of nitrogens with one attached hydrogen (secondary N) is 1. The Morgan fingerprint density at radius 3 is 2.60 bits per heavy atom. The SMILES string of the molecule is CCNC(CCOCC(F)F)c1ccc(OC)c(C)c1. The molecule has 1 atom stereocenters. The van der Waals surface area contributed by atoms with Crippen molar-refractivity contribution in [1.29, 1.82) is 0 Å². The van der Waals surface area contributed by atoms with Crippen LogP contribution in [-0.4, -0.2) is 33.3 Å². The highest BCUT2D eigenvalue weighted by atomic mass is 19.3. The van der Waals surface area contributed by atoms with E-state index in [1.54, 1.807) is 7.11 Å². The molecule has 114 valence electrons. The van der Waals surface area contributed by atoms with E-state index < -0.39 is 13.0 Å². The van der Waals surface area contributed by atoms with Gasteiger partial charge in [-0.25, -0.2) is 8.78 Å². The maximum Gasteiger partial charge on any atom is 0.261 e. The lowest BCUT2D eigenvalue weighted by Crippen LogP contribution is -2.23. The summed E-state index contributed by atoms with van der Waals surface area (Å²) < 4.78 is 34.2. The van der Waals surface area contributed by atoms with Crippen molar-refractivity contribution in [2.24, 2.45) is 0 Å². The van der Waals surface area contributed by atoms with Crippen molar-refractivity contribution in [2.45, 2.75) is 32.7 Å². The van der Waals surface area contributed by atoms with Crippen LogP contribution in [0.15, 0.2) is 18.2 Å². The van der Waals surface area contributed by atoms with Crippen LogP contribution in [0.25, 0.3) is 0 Å². The van der Waals surface area contributed by atoms with Crippen LogP contribution in [0, 0.1) is 6.92 Å². The Hall–Kier alpha value is -1.20. The summed E-state index contributed by atoms with van der Waals surface area (Å²) in [5.74, 6) is 0.845. The van der Waals surface area contributed by atoms with Gasteiger partial charge in [0.25, 0.3) is 6.43 Å². The number of hydrogen-bond acceptors (Lipinski definition) is 3. The average molecular weight is 287 g/mol. The first kappa shape index (κ1) is 16.9. The highest BCUT2D eigenvalue weighted by Crippen LogP contribution is 2.24. The smallest absolute Gasteiger partial charge is 0.261 e. The molecule has 3 nitrogen and oxygen atoms in total. The van der Waals surface area contributed by atoms with E-state index in [0.717, 1.165) is 23.4 Å². The van der Waals surface area contributed by atoms with Gasteiger partial charge in [-0.05, 0) is 37.1 Å². The minimum Gasteiger partial charge on any atom is -0.496 e. The monoisotopic (exact) mass is 287 g/mol. The van der Waals surface area contributed by atoms with Gasteiger partial charge in [0.15, 0.2) is 0 Å². The maximum atomic E-state index is 12.0. The van der Waals surface area contributed by atoms with Crippen LogP contribution in [0.4, 0.5) is 8.78 Å².